The topological polar surface area (TPSA) is 77.0 Å². The summed E-state index contributed by atoms with van der Waals surface area (Å²) in [6.07, 6.45) is 5.76. The van der Waals surface area contributed by atoms with E-state index in [4.69, 9.17) is 4.52 Å². The molecule has 1 fully saturated rings. The van der Waals surface area contributed by atoms with Gasteiger partial charge in [0.1, 0.15) is 0 Å². The Bertz CT molecular complexity index is 926. The molecule has 0 aliphatic carbocycles. The maximum absolute atomic E-state index is 13.3. The predicted molar refractivity (Wildman–Crippen MR) is 87.5 cm³/mol. The Kier molecular flexibility index (Phi) is 3.37. The van der Waals surface area contributed by atoms with Crippen LogP contribution < -0.4 is 0 Å². The normalized spacial score (nSPS) is 17.8. The summed E-state index contributed by atoms with van der Waals surface area (Å²) in [4.78, 5) is 19.5. The van der Waals surface area contributed by atoms with E-state index in [1.165, 1.54) is 0 Å². The summed E-state index contributed by atoms with van der Waals surface area (Å²) in [6, 6.07) is 1.89. The van der Waals surface area contributed by atoms with Crippen molar-refractivity contribution in [2.75, 3.05) is 6.54 Å². The molecular weight excluding hydrogens is 306 g/mol. The second kappa shape index (κ2) is 5.43. The van der Waals surface area contributed by atoms with Gasteiger partial charge < -0.3 is 9.42 Å². The van der Waals surface area contributed by atoms with Gasteiger partial charge in [-0.15, -0.1) is 0 Å². The molecule has 1 aliphatic heterocycles. The highest BCUT2D eigenvalue weighted by molar-refractivity contribution is 6.06. The first-order valence-electron chi connectivity index (χ1n) is 8.07. The summed E-state index contributed by atoms with van der Waals surface area (Å²) < 4.78 is 7.03. The fourth-order valence-electron chi connectivity index (χ4n) is 3.51. The van der Waals surface area contributed by atoms with E-state index in [9.17, 15) is 4.79 Å². The first kappa shape index (κ1) is 14.9. The third-order valence-electron chi connectivity index (χ3n) is 4.60. The molecule has 124 valence electrons. The monoisotopic (exact) mass is 325 g/mol. The van der Waals surface area contributed by atoms with Crippen LogP contribution in [0.25, 0.3) is 11.1 Å². The van der Waals surface area contributed by atoms with Gasteiger partial charge in [-0.3, -0.25) is 9.48 Å². The molecule has 0 saturated carbocycles. The van der Waals surface area contributed by atoms with E-state index in [1.807, 2.05) is 44.3 Å². The number of fused-ring (bicyclic) bond motifs is 1. The molecule has 0 radical (unpaired) electrons. The predicted octanol–water partition coefficient (Wildman–Crippen LogP) is 2.55. The molecule has 7 nitrogen and oxygen atoms in total. The van der Waals surface area contributed by atoms with Gasteiger partial charge in [-0.2, -0.15) is 5.10 Å². The highest BCUT2D eigenvalue weighted by atomic mass is 16.5. The Hall–Kier alpha value is -2.70. The molecule has 0 spiro atoms. The number of nitrogens with zero attached hydrogens (tertiary/aromatic N) is 5. The standard InChI is InChI=1S/C17H19N5O2/c1-10-7-13(15-11(2)20-24-16(15)19-10)17(23)22-6-4-5-14(22)12-8-18-21(3)9-12/h7-9,14H,4-6H2,1-3H3. The molecule has 1 amide bonds. The SMILES string of the molecule is Cc1cc(C(=O)N2CCCC2c2cnn(C)c2)c2c(C)noc2n1. The highest BCUT2D eigenvalue weighted by Crippen LogP contribution is 2.34. The molecule has 1 atom stereocenters. The average molecular weight is 325 g/mol. The van der Waals surface area contributed by atoms with Gasteiger partial charge in [0.15, 0.2) is 0 Å². The minimum atomic E-state index is 0.00292. The van der Waals surface area contributed by atoms with E-state index in [0.29, 0.717) is 22.4 Å². The Balaban J connectivity index is 1.77. The maximum Gasteiger partial charge on any atom is 0.258 e. The summed E-state index contributed by atoms with van der Waals surface area (Å²) in [5, 5.41) is 8.92. The molecule has 1 unspecified atom stereocenters. The number of carbonyl (C=O) groups excluding carboxylic acids is 1. The number of pyridine rings is 1. The first-order chi connectivity index (χ1) is 11.5. The van der Waals surface area contributed by atoms with E-state index in [2.05, 4.69) is 15.2 Å². The lowest BCUT2D eigenvalue weighted by atomic mass is 10.1. The number of rotatable bonds is 2. The second-order valence-corrected chi connectivity index (χ2v) is 6.36. The quantitative estimate of drug-likeness (QED) is 0.723. The van der Waals surface area contributed by atoms with E-state index < -0.39 is 0 Å². The molecule has 1 saturated heterocycles. The van der Waals surface area contributed by atoms with Crippen molar-refractivity contribution in [2.45, 2.75) is 32.7 Å². The van der Waals surface area contributed by atoms with Crippen molar-refractivity contribution in [2.24, 2.45) is 7.05 Å². The number of hydrogen-bond acceptors (Lipinski definition) is 5. The third-order valence-corrected chi connectivity index (χ3v) is 4.60. The van der Waals surface area contributed by atoms with E-state index in [0.717, 1.165) is 30.6 Å². The van der Waals surface area contributed by atoms with Crippen molar-refractivity contribution in [1.82, 2.24) is 24.8 Å². The lowest BCUT2D eigenvalue weighted by molar-refractivity contribution is 0.0737. The molecule has 4 rings (SSSR count). The molecule has 0 aromatic carbocycles. The highest BCUT2D eigenvalue weighted by Gasteiger charge is 2.33. The van der Waals surface area contributed by atoms with Gasteiger partial charge in [-0.05, 0) is 32.8 Å². The van der Waals surface area contributed by atoms with Crippen molar-refractivity contribution in [3.63, 3.8) is 0 Å². The number of hydrogen-bond donors (Lipinski definition) is 0. The zero-order valence-electron chi connectivity index (χ0n) is 14.0. The summed E-state index contributed by atoms with van der Waals surface area (Å²) in [7, 11) is 1.89. The molecule has 0 N–H and O–H groups in total. The van der Waals surface area contributed by atoms with Crippen LogP contribution in [0.3, 0.4) is 0 Å². The van der Waals surface area contributed by atoms with Gasteiger partial charge in [0.05, 0.1) is 28.9 Å². The summed E-state index contributed by atoms with van der Waals surface area (Å²) in [5.74, 6) is 0.00292. The number of aromatic nitrogens is 4. The van der Waals surface area contributed by atoms with Crippen molar-refractivity contribution in [1.29, 1.82) is 0 Å². The van der Waals surface area contributed by atoms with Crippen molar-refractivity contribution < 1.29 is 9.32 Å². The fourth-order valence-corrected chi connectivity index (χ4v) is 3.51. The molecule has 0 bridgehead atoms. The van der Waals surface area contributed by atoms with Crippen LogP contribution in [-0.4, -0.2) is 37.3 Å². The summed E-state index contributed by atoms with van der Waals surface area (Å²) in [5.41, 5.74) is 3.56. The van der Waals surface area contributed by atoms with Crippen LogP contribution in [0.1, 0.15) is 46.2 Å². The Labute approximate surface area is 139 Å². The van der Waals surface area contributed by atoms with Gasteiger partial charge in [-0.1, -0.05) is 5.16 Å². The van der Waals surface area contributed by atoms with Crippen molar-refractivity contribution in [3.05, 3.63) is 41.0 Å². The molecule has 3 aromatic heterocycles. The van der Waals surface area contributed by atoms with Gasteiger partial charge in [0, 0.05) is 31.0 Å². The van der Waals surface area contributed by atoms with E-state index >= 15 is 0 Å². The number of carbonyl (C=O) groups is 1. The summed E-state index contributed by atoms with van der Waals surface area (Å²) >= 11 is 0. The van der Waals surface area contributed by atoms with Crippen molar-refractivity contribution in [3.8, 4) is 0 Å². The Morgan fingerprint density at radius 1 is 1.38 bits per heavy atom. The average Bonchev–Trinajstić information content (AvgIpc) is 3.26. The molecule has 24 heavy (non-hydrogen) atoms. The third kappa shape index (κ3) is 2.28. The smallest absolute Gasteiger partial charge is 0.258 e. The minimum absolute atomic E-state index is 0.00292. The Morgan fingerprint density at radius 2 is 2.21 bits per heavy atom. The molecule has 4 heterocycles. The van der Waals surface area contributed by atoms with Crippen LogP contribution in [-0.2, 0) is 7.05 Å². The van der Waals surface area contributed by atoms with Crippen molar-refractivity contribution >= 4 is 17.0 Å². The van der Waals surface area contributed by atoms with Crippen LogP contribution in [0.4, 0.5) is 0 Å². The van der Waals surface area contributed by atoms with Gasteiger partial charge >= 0.3 is 0 Å². The molecule has 7 heteroatoms. The molecule has 1 aliphatic rings. The largest absolute Gasteiger partial charge is 0.336 e. The van der Waals surface area contributed by atoms with Gasteiger partial charge in [0.25, 0.3) is 11.6 Å². The van der Waals surface area contributed by atoms with E-state index in [1.54, 1.807) is 4.68 Å². The van der Waals surface area contributed by atoms with Crippen LogP contribution in [0.2, 0.25) is 0 Å². The van der Waals surface area contributed by atoms with Crippen LogP contribution in [0, 0.1) is 13.8 Å². The molecule has 3 aromatic rings. The van der Waals surface area contributed by atoms with E-state index in [-0.39, 0.29) is 11.9 Å². The zero-order chi connectivity index (χ0) is 16.8. The fraction of sp³-hybridized carbons (Fsp3) is 0.412. The number of amides is 1. The maximum atomic E-state index is 13.3. The Morgan fingerprint density at radius 3 is 2.96 bits per heavy atom. The first-order valence-corrected chi connectivity index (χ1v) is 8.07. The number of aryl methyl sites for hydroxylation is 3. The lowest BCUT2D eigenvalue weighted by Crippen LogP contribution is -2.30. The van der Waals surface area contributed by atoms with Crippen LogP contribution >= 0.6 is 0 Å². The molecular formula is C17H19N5O2. The lowest BCUT2D eigenvalue weighted by Gasteiger charge is -2.24. The zero-order valence-corrected chi connectivity index (χ0v) is 14.0. The second-order valence-electron chi connectivity index (χ2n) is 6.36. The van der Waals surface area contributed by atoms with Crippen LogP contribution in [0.15, 0.2) is 23.0 Å². The summed E-state index contributed by atoms with van der Waals surface area (Å²) in [6.45, 7) is 4.43. The van der Waals surface area contributed by atoms with Gasteiger partial charge in [0.2, 0.25) is 0 Å². The minimum Gasteiger partial charge on any atom is -0.336 e. The van der Waals surface area contributed by atoms with Crippen LogP contribution in [0.5, 0.6) is 0 Å². The van der Waals surface area contributed by atoms with Gasteiger partial charge in [-0.25, -0.2) is 4.98 Å². The number of likely N-dealkylation sites (tertiary alicyclic amines) is 1.